The Kier molecular flexibility index (Phi) is 5.05. The minimum atomic E-state index is -0.512. The summed E-state index contributed by atoms with van der Waals surface area (Å²) in [6.45, 7) is 7.32. The predicted molar refractivity (Wildman–Crippen MR) is 76.9 cm³/mol. The summed E-state index contributed by atoms with van der Waals surface area (Å²) in [5.41, 5.74) is 0.326. The summed E-state index contributed by atoms with van der Waals surface area (Å²) < 4.78 is 6.06. The molecule has 1 unspecified atom stereocenters. The molecular weight excluding hydrogens is 318 g/mol. The molecule has 3 nitrogen and oxygen atoms in total. The van der Waals surface area contributed by atoms with Crippen LogP contribution in [0.1, 0.15) is 39.3 Å². The third-order valence-electron chi connectivity index (χ3n) is 2.17. The largest absolute Gasteiger partial charge is 0.444 e. The highest BCUT2D eigenvalue weighted by molar-refractivity contribution is 9.10. The molecule has 0 spiro atoms. The molecule has 0 aliphatic rings. The van der Waals surface area contributed by atoms with Crippen molar-refractivity contribution in [3.05, 3.63) is 33.3 Å². The van der Waals surface area contributed by atoms with E-state index in [0.717, 1.165) is 10.0 Å². The van der Waals surface area contributed by atoms with Gasteiger partial charge in [-0.1, -0.05) is 33.6 Å². The van der Waals surface area contributed by atoms with Crippen LogP contribution in [0.15, 0.2) is 22.7 Å². The summed E-state index contributed by atoms with van der Waals surface area (Å²) in [4.78, 5) is 11.7. The minimum Gasteiger partial charge on any atom is -0.444 e. The third kappa shape index (κ3) is 4.50. The van der Waals surface area contributed by atoms with Crippen LogP contribution in [0.2, 0.25) is 5.02 Å². The van der Waals surface area contributed by atoms with Gasteiger partial charge in [0.2, 0.25) is 0 Å². The number of alkyl carbamates (subject to hydrolysis) is 1. The van der Waals surface area contributed by atoms with Gasteiger partial charge in [-0.05, 0) is 39.8 Å². The molecule has 0 aliphatic heterocycles. The zero-order valence-electron chi connectivity index (χ0n) is 10.9. The number of nitrogens with one attached hydrogen (secondary N) is 1. The molecule has 1 aromatic rings. The van der Waals surface area contributed by atoms with Crippen LogP contribution in [-0.2, 0) is 4.74 Å². The zero-order chi connectivity index (χ0) is 13.9. The number of ether oxygens (including phenoxy) is 1. The van der Waals surface area contributed by atoms with Gasteiger partial charge in [-0.3, -0.25) is 0 Å². The van der Waals surface area contributed by atoms with E-state index in [-0.39, 0.29) is 6.04 Å². The summed E-state index contributed by atoms with van der Waals surface area (Å²) in [5.74, 6) is 0. The molecule has 0 bridgehead atoms. The smallest absolute Gasteiger partial charge is 0.408 e. The van der Waals surface area contributed by atoms with Crippen LogP contribution >= 0.6 is 27.5 Å². The Hall–Kier alpha value is -0.740. The number of hydrogen-bond donors (Lipinski definition) is 1. The van der Waals surface area contributed by atoms with Crippen LogP contribution in [0.3, 0.4) is 0 Å². The first kappa shape index (κ1) is 15.3. The number of rotatable bonds is 2. The lowest BCUT2D eigenvalue weighted by Gasteiger charge is -2.23. The van der Waals surface area contributed by atoms with Crippen LogP contribution in [0, 0.1) is 0 Å². The summed E-state index contributed by atoms with van der Waals surface area (Å²) in [5, 5.41) is 3.36. The van der Waals surface area contributed by atoms with Crippen molar-refractivity contribution in [2.75, 3.05) is 0 Å². The highest BCUT2D eigenvalue weighted by Crippen LogP contribution is 2.30. The van der Waals surface area contributed by atoms with Gasteiger partial charge in [0.15, 0.2) is 0 Å². The first-order chi connectivity index (χ1) is 8.20. The van der Waals surface area contributed by atoms with Crippen molar-refractivity contribution in [2.24, 2.45) is 0 Å². The number of amides is 1. The number of hydrogen-bond acceptors (Lipinski definition) is 2. The van der Waals surface area contributed by atoms with Gasteiger partial charge in [-0.25, -0.2) is 4.79 Å². The maximum atomic E-state index is 11.7. The molecule has 1 amide bonds. The van der Waals surface area contributed by atoms with Gasteiger partial charge < -0.3 is 10.1 Å². The number of benzene rings is 1. The third-order valence-corrected chi connectivity index (χ3v) is 3.19. The molecule has 0 aromatic heterocycles. The van der Waals surface area contributed by atoms with E-state index in [1.54, 1.807) is 6.07 Å². The first-order valence-corrected chi connectivity index (χ1v) is 6.81. The number of carbonyl (C=O) groups excluding carboxylic acids is 1. The maximum absolute atomic E-state index is 11.7. The molecule has 0 radical (unpaired) electrons. The highest BCUT2D eigenvalue weighted by Gasteiger charge is 2.20. The topological polar surface area (TPSA) is 38.3 Å². The van der Waals surface area contributed by atoms with Gasteiger partial charge in [0, 0.05) is 15.1 Å². The molecule has 0 fully saturated rings. The van der Waals surface area contributed by atoms with Crippen molar-refractivity contribution in [1.29, 1.82) is 0 Å². The maximum Gasteiger partial charge on any atom is 0.408 e. The molecule has 0 saturated heterocycles. The number of halogens is 2. The SMILES string of the molecule is CC(NC(=O)OC(C)(C)C)c1c(Cl)cccc1Br. The van der Waals surface area contributed by atoms with E-state index < -0.39 is 11.7 Å². The van der Waals surface area contributed by atoms with Gasteiger partial charge in [0.25, 0.3) is 0 Å². The van der Waals surface area contributed by atoms with Crippen LogP contribution in [0.4, 0.5) is 4.79 Å². The lowest BCUT2D eigenvalue weighted by atomic mass is 10.1. The molecule has 0 aliphatic carbocycles. The second kappa shape index (κ2) is 5.93. The van der Waals surface area contributed by atoms with Crippen molar-refractivity contribution < 1.29 is 9.53 Å². The molecule has 0 saturated carbocycles. The second-order valence-corrected chi connectivity index (χ2v) is 6.26. The van der Waals surface area contributed by atoms with Crippen molar-refractivity contribution in [2.45, 2.75) is 39.3 Å². The molecule has 1 N–H and O–H groups in total. The quantitative estimate of drug-likeness (QED) is 0.852. The Bertz CT molecular complexity index is 423. The minimum absolute atomic E-state index is 0.233. The Balaban J connectivity index is 2.77. The fraction of sp³-hybridized carbons (Fsp3) is 0.462. The Labute approximate surface area is 121 Å². The van der Waals surface area contributed by atoms with E-state index in [0.29, 0.717) is 5.02 Å². The van der Waals surface area contributed by atoms with E-state index in [4.69, 9.17) is 16.3 Å². The first-order valence-electron chi connectivity index (χ1n) is 5.64. The molecule has 18 heavy (non-hydrogen) atoms. The van der Waals surface area contributed by atoms with Crippen LogP contribution in [0.5, 0.6) is 0 Å². The van der Waals surface area contributed by atoms with Gasteiger partial charge in [-0.2, -0.15) is 0 Å². The predicted octanol–water partition coefficient (Wildman–Crippen LogP) is 4.69. The summed E-state index contributed by atoms with van der Waals surface area (Å²) in [7, 11) is 0. The fourth-order valence-electron chi connectivity index (χ4n) is 1.48. The standard InChI is InChI=1S/C13H17BrClNO2/c1-8(16-12(17)18-13(2,3)4)11-9(14)6-5-7-10(11)15/h5-8H,1-4H3,(H,16,17). The van der Waals surface area contributed by atoms with Crippen LogP contribution < -0.4 is 5.32 Å². The van der Waals surface area contributed by atoms with Crippen LogP contribution in [0.25, 0.3) is 0 Å². The van der Waals surface area contributed by atoms with Gasteiger partial charge in [0.1, 0.15) is 5.60 Å². The second-order valence-electron chi connectivity index (χ2n) is 5.00. The summed E-state index contributed by atoms with van der Waals surface area (Å²) in [6, 6.07) is 5.28. The summed E-state index contributed by atoms with van der Waals surface area (Å²) in [6.07, 6.45) is -0.457. The molecule has 1 rings (SSSR count). The lowest BCUT2D eigenvalue weighted by molar-refractivity contribution is 0.0508. The number of carbonyl (C=O) groups is 1. The molecular formula is C13H17BrClNO2. The van der Waals surface area contributed by atoms with Gasteiger partial charge >= 0.3 is 6.09 Å². The average Bonchev–Trinajstić information content (AvgIpc) is 2.13. The lowest BCUT2D eigenvalue weighted by Crippen LogP contribution is -2.34. The molecule has 0 heterocycles. The fourth-order valence-corrected chi connectivity index (χ4v) is 2.64. The average molecular weight is 335 g/mol. The van der Waals surface area contributed by atoms with E-state index in [2.05, 4.69) is 21.2 Å². The monoisotopic (exact) mass is 333 g/mol. The normalized spacial score (nSPS) is 13.0. The van der Waals surface area contributed by atoms with E-state index in [9.17, 15) is 4.79 Å². The Morgan fingerprint density at radius 2 is 2.06 bits per heavy atom. The van der Waals surface area contributed by atoms with E-state index >= 15 is 0 Å². The zero-order valence-corrected chi connectivity index (χ0v) is 13.2. The summed E-state index contributed by atoms with van der Waals surface area (Å²) >= 11 is 9.54. The van der Waals surface area contributed by atoms with E-state index in [1.165, 1.54) is 0 Å². The van der Waals surface area contributed by atoms with Crippen molar-refractivity contribution >= 4 is 33.6 Å². The van der Waals surface area contributed by atoms with Crippen molar-refractivity contribution in [3.8, 4) is 0 Å². The Morgan fingerprint density at radius 1 is 1.44 bits per heavy atom. The molecule has 1 atom stereocenters. The molecule has 100 valence electrons. The van der Waals surface area contributed by atoms with Crippen molar-refractivity contribution in [1.82, 2.24) is 5.32 Å². The molecule has 1 aromatic carbocycles. The van der Waals surface area contributed by atoms with Crippen LogP contribution in [-0.4, -0.2) is 11.7 Å². The van der Waals surface area contributed by atoms with Crippen molar-refractivity contribution in [3.63, 3.8) is 0 Å². The molecule has 5 heteroatoms. The van der Waals surface area contributed by atoms with E-state index in [1.807, 2.05) is 39.8 Å². The highest BCUT2D eigenvalue weighted by atomic mass is 79.9. The Morgan fingerprint density at radius 3 is 2.56 bits per heavy atom. The van der Waals surface area contributed by atoms with Gasteiger partial charge in [0.05, 0.1) is 6.04 Å². The van der Waals surface area contributed by atoms with Gasteiger partial charge in [-0.15, -0.1) is 0 Å².